The summed E-state index contributed by atoms with van der Waals surface area (Å²) in [6.45, 7) is 4.91. The fourth-order valence-corrected chi connectivity index (χ4v) is 3.43. The molecule has 2 aromatic carbocycles. The first kappa shape index (κ1) is 23.2. The summed E-state index contributed by atoms with van der Waals surface area (Å²) in [5.74, 6) is 0.766. The van der Waals surface area contributed by atoms with Crippen LogP contribution in [0.3, 0.4) is 0 Å². The van der Waals surface area contributed by atoms with Crippen LogP contribution in [0.1, 0.15) is 41.5 Å². The average molecular weight is 503 g/mol. The van der Waals surface area contributed by atoms with Gasteiger partial charge in [-0.15, -0.1) is 24.0 Å². The minimum atomic E-state index is 0. The lowest BCUT2D eigenvalue weighted by molar-refractivity contribution is 0.221. The van der Waals surface area contributed by atoms with Gasteiger partial charge in [-0.3, -0.25) is 9.89 Å². The van der Waals surface area contributed by atoms with Crippen LogP contribution in [-0.2, 0) is 19.6 Å². The fraction of sp³-hybridized carbons (Fsp3) is 0.391. The molecular formula is C23H30IN5. The molecule has 0 amide bonds. The van der Waals surface area contributed by atoms with Crippen LogP contribution < -0.4 is 10.6 Å². The highest BCUT2D eigenvalue weighted by atomic mass is 127. The molecule has 2 N–H and O–H groups in total. The highest BCUT2D eigenvalue weighted by molar-refractivity contribution is 14.0. The monoisotopic (exact) mass is 503 g/mol. The fourth-order valence-electron chi connectivity index (χ4n) is 3.43. The Balaban J connectivity index is 0.00000300. The Labute approximate surface area is 191 Å². The van der Waals surface area contributed by atoms with Crippen molar-refractivity contribution in [3.63, 3.8) is 0 Å². The Kier molecular flexibility index (Phi) is 9.95. The SMILES string of the molecule is CN=C(NCc1ccc(C#N)cc1)NCc1ccc(CN2CCCCC2)cc1.I. The molecule has 0 spiro atoms. The Bertz CT molecular complexity index is 803. The first-order valence-corrected chi connectivity index (χ1v) is 10.0. The summed E-state index contributed by atoms with van der Waals surface area (Å²) >= 11 is 0. The van der Waals surface area contributed by atoms with Gasteiger partial charge in [-0.2, -0.15) is 5.26 Å². The van der Waals surface area contributed by atoms with Crippen molar-refractivity contribution in [2.75, 3.05) is 20.1 Å². The van der Waals surface area contributed by atoms with E-state index in [0.29, 0.717) is 12.1 Å². The van der Waals surface area contributed by atoms with Crippen LogP contribution in [0.4, 0.5) is 0 Å². The summed E-state index contributed by atoms with van der Waals surface area (Å²) in [5.41, 5.74) is 4.41. The molecule has 5 nitrogen and oxygen atoms in total. The predicted octanol–water partition coefficient (Wildman–Crippen LogP) is 4.03. The summed E-state index contributed by atoms with van der Waals surface area (Å²) in [4.78, 5) is 6.83. The molecule has 1 aliphatic heterocycles. The highest BCUT2D eigenvalue weighted by Gasteiger charge is 2.10. The van der Waals surface area contributed by atoms with Crippen molar-refractivity contribution in [1.82, 2.24) is 15.5 Å². The molecule has 1 fully saturated rings. The molecule has 6 heteroatoms. The van der Waals surface area contributed by atoms with Gasteiger partial charge in [-0.05, 0) is 54.8 Å². The minimum absolute atomic E-state index is 0. The van der Waals surface area contributed by atoms with E-state index in [9.17, 15) is 0 Å². The van der Waals surface area contributed by atoms with Crippen molar-refractivity contribution in [3.8, 4) is 6.07 Å². The Morgan fingerprint density at radius 3 is 1.93 bits per heavy atom. The van der Waals surface area contributed by atoms with Gasteiger partial charge in [0.2, 0.25) is 0 Å². The van der Waals surface area contributed by atoms with E-state index in [2.05, 4.69) is 50.9 Å². The number of guanidine groups is 1. The summed E-state index contributed by atoms with van der Waals surface area (Å²) in [7, 11) is 1.77. The molecule has 0 unspecified atom stereocenters. The lowest BCUT2D eigenvalue weighted by Crippen LogP contribution is -2.36. The number of rotatable bonds is 6. The van der Waals surface area contributed by atoms with E-state index < -0.39 is 0 Å². The van der Waals surface area contributed by atoms with Gasteiger partial charge in [0.1, 0.15) is 0 Å². The van der Waals surface area contributed by atoms with Crippen LogP contribution in [0.2, 0.25) is 0 Å². The number of nitrogens with zero attached hydrogens (tertiary/aromatic N) is 3. The van der Waals surface area contributed by atoms with Gasteiger partial charge in [-0.1, -0.05) is 42.8 Å². The van der Waals surface area contributed by atoms with Crippen molar-refractivity contribution in [3.05, 3.63) is 70.8 Å². The molecule has 29 heavy (non-hydrogen) atoms. The number of aliphatic imine (C=N–C) groups is 1. The van der Waals surface area contributed by atoms with Crippen LogP contribution in [0.5, 0.6) is 0 Å². The van der Waals surface area contributed by atoms with Crippen molar-refractivity contribution in [2.45, 2.75) is 38.9 Å². The molecule has 3 rings (SSSR count). The van der Waals surface area contributed by atoms with Crippen molar-refractivity contribution >= 4 is 29.9 Å². The highest BCUT2D eigenvalue weighted by Crippen LogP contribution is 2.13. The first-order chi connectivity index (χ1) is 13.8. The van der Waals surface area contributed by atoms with Gasteiger partial charge in [0.05, 0.1) is 11.6 Å². The van der Waals surface area contributed by atoms with Gasteiger partial charge >= 0.3 is 0 Å². The number of halogens is 1. The number of hydrogen-bond acceptors (Lipinski definition) is 3. The molecular weight excluding hydrogens is 473 g/mol. The summed E-state index contributed by atoms with van der Waals surface area (Å²) in [6.07, 6.45) is 4.04. The number of nitriles is 1. The van der Waals surface area contributed by atoms with Crippen LogP contribution in [0.25, 0.3) is 0 Å². The van der Waals surface area contributed by atoms with Gasteiger partial charge < -0.3 is 10.6 Å². The maximum absolute atomic E-state index is 8.87. The molecule has 0 aromatic heterocycles. The largest absolute Gasteiger partial charge is 0.352 e. The molecule has 0 radical (unpaired) electrons. The van der Waals surface area contributed by atoms with Gasteiger partial charge in [0.25, 0.3) is 0 Å². The van der Waals surface area contributed by atoms with Gasteiger partial charge in [-0.25, -0.2) is 0 Å². The van der Waals surface area contributed by atoms with E-state index in [-0.39, 0.29) is 24.0 Å². The van der Waals surface area contributed by atoms with Crippen LogP contribution in [0.15, 0.2) is 53.5 Å². The van der Waals surface area contributed by atoms with Gasteiger partial charge in [0.15, 0.2) is 5.96 Å². The number of likely N-dealkylation sites (tertiary alicyclic amines) is 1. The van der Waals surface area contributed by atoms with E-state index in [0.717, 1.165) is 24.6 Å². The van der Waals surface area contributed by atoms with Crippen molar-refractivity contribution in [2.24, 2.45) is 4.99 Å². The standard InChI is InChI=1S/C23H29N5.HI/c1-25-23(26-16-20-7-5-19(15-24)6-8-20)27-17-21-9-11-22(12-10-21)18-28-13-3-2-4-14-28;/h5-12H,2-4,13-14,16-18H2,1H3,(H2,25,26,27);1H. The molecule has 0 bridgehead atoms. The van der Waals surface area contributed by atoms with Crippen LogP contribution >= 0.6 is 24.0 Å². The van der Waals surface area contributed by atoms with Crippen molar-refractivity contribution < 1.29 is 0 Å². The third-order valence-electron chi connectivity index (χ3n) is 5.10. The lowest BCUT2D eigenvalue weighted by Gasteiger charge is -2.26. The number of nitrogens with one attached hydrogen (secondary N) is 2. The Morgan fingerprint density at radius 1 is 0.897 bits per heavy atom. The van der Waals surface area contributed by atoms with Crippen molar-refractivity contribution in [1.29, 1.82) is 5.26 Å². The summed E-state index contributed by atoms with van der Waals surface area (Å²) < 4.78 is 0. The maximum Gasteiger partial charge on any atom is 0.191 e. The quantitative estimate of drug-likeness (QED) is 0.355. The molecule has 1 heterocycles. The number of benzene rings is 2. The zero-order valence-electron chi connectivity index (χ0n) is 17.0. The second-order valence-electron chi connectivity index (χ2n) is 7.24. The molecule has 0 saturated carbocycles. The van der Waals surface area contributed by atoms with E-state index in [1.54, 1.807) is 7.05 Å². The maximum atomic E-state index is 8.87. The minimum Gasteiger partial charge on any atom is -0.352 e. The second kappa shape index (κ2) is 12.5. The molecule has 0 atom stereocenters. The van der Waals surface area contributed by atoms with E-state index in [1.807, 2.05) is 24.3 Å². The second-order valence-corrected chi connectivity index (χ2v) is 7.24. The number of piperidine rings is 1. The molecule has 0 aliphatic carbocycles. The van der Waals surface area contributed by atoms with Crippen LogP contribution in [-0.4, -0.2) is 31.0 Å². The van der Waals surface area contributed by atoms with E-state index in [1.165, 1.54) is 43.5 Å². The zero-order chi connectivity index (χ0) is 19.6. The summed E-state index contributed by atoms with van der Waals surface area (Å²) in [5, 5.41) is 15.5. The average Bonchev–Trinajstić information content (AvgIpc) is 2.76. The normalized spacial score (nSPS) is 14.6. The molecule has 2 aromatic rings. The third kappa shape index (κ3) is 7.67. The smallest absolute Gasteiger partial charge is 0.191 e. The van der Waals surface area contributed by atoms with Crippen LogP contribution in [0, 0.1) is 11.3 Å². The zero-order valence-corrected chi connectivity index (χ0v) is 19.4. The van der Waals surface area contributed by atoms with E-state index >= 15 is 0 Å². The third-order valence-corrected chi connectivity index (χ3v) is 5.10. The molecule has 1 saturated heterocycles. The number of hydrogen-bond donors (Lipinski definition) is 2. The first-order valence-electron chi connectivity index (χ1n) is 10.0. The van der Waals surface area contributed by atoms with E-state index in [4.69, 9.17) is 5.26 Å². The predicted molar refractivity (Wildman–Crippen MR) is 129 cm³/mol. The lowest BCUT2D eigenvalue weighted by atomic mass is 10.1. The Morgan fingerprint density at radius 2 is 1.41 bits per heavy atom. The topological polar surface area (TPSA) is 63.5 Å². The summed E-state index contributed by atoms with van der Waals surface area (Å²) in [6, 6.07) is 18.6. The Hall–Kier alpha value is -2.11. The van der Waals surface area contributed by atoms with Gasteiger partial charge in [0, 0.05) is 26.7 Å². The molecule has 154 valence electrons. The molecule has 1 aliphatic rings.